The van der Waals surface area contributed by atoms with Gasteiger partial charge < -0.3 is 17.2 Å². The number of nitrogen functional groups attached to an aromatic ring is 1. The van der Waals surface area contributed by atoms with Crippen LogP contribution in [0.25, 0.3) is 11.1 Å². The Morgan fingerprint density at radius 1 is 1.18 bits per heavy atom. The minimum atomic E-state index is -0.606. The maximum absolute atomic E-state index is 6.10. The smallest absolute Gasteiger partial charge is 0.0805 e. The van der Waals surface area contributed by atoms with Gasteiger partial charge in [0.25, 0.3) is 0 Å². The van der Waals surface area contributed by atoms with Crippen molar-refractivity contribution in [3.8, 4) is 11.1 Å². The first-order chi connectivity index (χ1) is 8.09. The third-order valence-corrected chi connectivity index (χ3v) is 2.85. The molecule has 0 spiro atoms. The van der Waals surface area contributed by atoms with Gasteiger partial charge in [-0.15, -0.1) is 0 Å². The van der Waals surface area contributed by atoms with Crippen LogP contribution in [0.1, 0.15) is 11.7 Å². The van der Waals surface area contributed by atoms with Crippen molar-refractivity contribution in [3.63, 3.8) is 0 Å². The van der Waals surface area contributed by atoms with Crippen molar-refractivity contribution in [1.82, 2.24) is 4.98 Å². The fourth-order valence-electron chi connectivity index (χ4n) is 1.62. The summed E-state index contributed by atoms with van der Waals surface area (Å²) in [7, 11) is 0. The Balaban J connectivity index is 2.54. The van der Waals surface area contributed by atoms with E-state index >= 15 is 0 Å². The third kappa shape index (κ3) is 2.39. The van der Waals surface area contributed by atoms with E-state index in [9.17, 15) is 0 Å². The van der Waals surface area contributed by atoms with Gasteiger partial charge in [-0.25, -0.2) is 0 Å². The third-order valence-electron chi connectivity index (χ3n) is 2.52. The maximum atomic E-state index is 6.10. The number of nitrogens with two attached hydrogens (primary N) is 3. The molecule has 0 unspecified atom stereocenters. The highest BCUT2D eigenvalue weighted by Gasteiger charge is 2.09. The lowest BCUT2D eigenvalue weighted by atomic mass is 10.0. The van der Waals surface area contributed by atoms with Crippen LogP contribution in [0, 0.1) is 0 Å². The fraction of sp³-hybridized carbons (Fsp3) is 0.0833. The molecule has 6 N–H and O–H groups in total. The van der Waals surface area contributed by atoms with Crippen molar-refractivity contribution in [2.45, 2.75) is 6.17 Å². The van der Waals surface area contributed by atoms with Gasteiger partial charge in [0, 0.05) is 29.2 Å². The summed E-state index contributed by atoms with van der Waals surface area (Å²) < 4.78 is 0. The predicted molar refractivity (Wildman–Crippen MR) is 70.2 cm³/mol. The molecular formula is C12H13ClN4. The summed E-state index contributed by atoms with van der Waals surface area (Å²) in [6, 6.07) is 7.20. The van der Waals surface area contributed by atoms with Crippen molar-refractivity contribution in [2.75, 3.05) is 5.73 Å². The molecular weight excluding hydrogens is 236 g/mol. The quantitative estimate of drug-likeness (QED) is 0.559. The van der Waals surface area contributed by atoms with Gasteiger partial charge in [0.05, 0.1) is 11.2 Å². The van der Waals surface area contributed by atoms with Crippen LogP contribution in [0.4, 0.5) is 5.69 Å². The highest BCUT2D eigenvalue weighted by atomic mass is 35.5. The molecule has 1 aromatic carbocycles. The standard InChI is InChI=1S/C12H13ClN4/c13-10-3-4-17-6-9(10)7-1-2-11(14)8(5-7)12(15)16/h1-6,12H,14-16H2. The van der Waals surface area contributed by atoms with E-state index in [0.717, 1.165) is 11.1 Å². The van der Waals surface area contributed by atoms with Crippen LogP contribution in [0.15, 0.2) is 36.7 Å². The van der Waals surface area contributed by atoms with E-state index in [4.69, 9.17) is 28.8 Å². The van der Waals surface area contributed by atoms with Crippen molar-refractivity contribution in [3.05, 3.63) is 47.2 Å². The van der Waals surface area contributed by atoms with E-state index in [2.05, 4.69) is 4.98 Å². The largest absolute Gasteiger partial charge is 0.398 e. The normalized spacial score (nSPS) is 10.8. The second-order valence-corrected chi connectivity index (χ2v) is 4.13. The lowest BCUT2D eigenvalue weighted by molar-refractivity contribution is 0.777. The molecule has 2 aromatic rings. The molecule has 1 aromatic heterocycles. The van der Waals surface area contributed by atoms with Gasteiger partial charge in [-0.1, -0.05) is 17.7 Å². The summed E-state index contributed by atoms with van der Waals surface area (Å²) >= 11 is 6.10. The van der Waals surface area contributed by atoms with Gasteiger partial charge in [-0.2, -0.15) is 0 Å². The minimum Gasteiger partial charge on any atom is -0.398 e. The van der Waals surface area contributed by atoms with Gasteiger partial charge in [-0.3, -0.25) is 4.98 Å². The van der Waals surface area contributed by atoms with Crippen LogP contribution >= 0.6 is 11.6 Å². The van der Waals surface area contributed by atoms with Crippen molar-refractivity contribution < 1.29 is 0 Å². The summed E-state index contributed by atoms with van der Waals surface area (Å²) in [6.07, 6.45) is 2.73. The first kappa shape index (κ1) is 11.9. The average molecular weight is 249 g/mol. The number of aromatic nitrogens is 1. The summed E-state index contributed by atoms with van der Waals surface area (Å²) in [4.78, 5) is 4.04. The van der Waals surface area contributed by atoms with E-state index in [1.807, 2.05) is 12.1 Å². The van der Waals surface area contributed by atoms with Gasteiger partial charge in [-0.05, 0) is 23.8 Å². The van der Waals surface area contributed by atoms with Crippen molar-refractivity contribution in [2.24, 2.45) is 11.5 Å². The molecule has 0 radical (unpaired) electrons. The first-order valence-corrected chi connectivity index (χ1v) is 5.48. The second kappa shape index (κ2) is 4.71. The molecule has 17 heavy (non-hydrogen) atoms. The monoisotopic (exact) mass is 248 g/mol. The Kier molecular flexibility index (Phi) is 3.28. The number of halogens is 1. The van der Waals surface area contributed by atoms with Crippen LogP contribution in [-0.4, -0.2) is 4.98 Å². The molecule has 0 amide bonds. The number of hydrogen-bond donors (Lipinski definition) is 3. The van der Waals surface area contributed by atoms with Crippen molar-refractivity contribution in [1.29, 1.82) is 0 Å². The lowest BCUT2D eigenvalue weighted by Crippen LogP contribution is -2.21. The van der Waals surface area contributed by atoms with Gasteiger partial charge in [0.15, 0.2) is 0 Å². The average Bonchev–Trinajstić information content (AvgIpc) is 2.30. The Morgan fingerprint density at radius 2 is 1.94 bits per heavy atom. The molecule has 0 aliphatic heterocycles. The van der Waals surface area contributed by atoms with Crippen LogP contribution < -0.4 is 17.2 Å². The van der Waals surface area contributed by atoms with E-state index in [0.29, 0.717) is 16.3 Å². The summed E-state index contributed by atoms with van der Waals surface area (Å²) in [5.41, 5.74) is 20.1. The number of anilines is 1. The summed E-state index contributed by atoms with van der Waals surface area (Å²) in [5.74, 6) is 0. The fourth-order valence-corrected chi connectivity index (χ4v) is 1.84. The van der Waals surface area contributed by atoms with E-state index in [1.54, 1.807) is 24.5 Å². The zero-order valence-corrected chi connectivity index (χ0v) is 9.85. The van der Waals surface area contributed by atoms with Crippen molar-refractivity contribution >= 4 is 17.3 Å². The molecule has 0 atom stereocenters. The number of pyridine rings is 1. The number of nitrogens with zero attached hydrogens (tertiary/aromatic N) is 1. The second-order valence-electron chi connectivity index (χ2n) is 3.73. The molecule has 2 rings (SSSR count). The molecule has 0 bridgehead atoms. The van der Waals surface area contributed by atoms with Crippen LogP contribution in [-0.2, 0) is 0 Å². The zero-order chi connectivity index (χ0) is 12.4. The number of hydrogen-bond acceptors (Lipinski definition) is 4. The van der Waals surface area contributed by atoms with Crippen LogP contribution in [0.2, 0.25) is 5.02 Å². The van der Waals surface area contributed by atoms with Gasteiger partial charge in [0.1, 0.15) is 0 Å². The van der Waals surface area contributed by atoms with Crippen LogP contribution in [0.5, 0.6) is 0 Å². The first-order valence-electron chi connectivity index (χ1n) is 5.10. The minimum absolute atomic E-state index is 0.573. The molecule has 0 aliphatic rings. The molecule has 5 heteroatoms. The topological polar surface area (TPSA) is 90.9 Å². The predicted octanol–water partition coefficient (Wildman–Crippen LogP) is 1.90. The molecule has 0 saturated heterocycles. The van der Waals surface area contributed by atoms with Gasteiger partial charge in [0.2, 0.25) is 0 Å². The van der Waals surface area contributed by atoms with Crippen LogP contribution in [0.3, 0.4) is 0 Å². The molecule has 0 saturated carbocycles. The maximum Gasteiger partial charge on any atom is 0.0805 e. The Hall–Kier alpha value is -1.62. The van der Waals surface area contributed by atoms with Gasteiger partial charge >= 0.3 is 0 Å². The Bertz CT molecular complexity index is 540. The Labute approximate surface area is 104 Å². The number of benzene rings is 1. The molecule has 0 aliphatic carbocycles. The lowest BCUT2D eigenvalue weighted by Gasteiger charge is -2.12. The molecule has 88 valence electrons. The highest BCUT2D eigenvalue weighted by Crippen LogP contribution is 2.29. The Morgan fingerprint density at radius 3 is 2.59 bits per heavy atom. The summed E-state index contributed by atoms with van der Waals surface area (Å²) in [6.45, 7) is 0. The molecule has 0 fully saturated rings. The van der Waals surface area contributed by atoms with E-state index < -0.39 is 6.17 Å². The number of rotatable bonds is 2. The molecule has 1 heterocycles. The zero-order valence-electron chi connectivity index (χ0n) is 9.10. The highest BCUT2D eigenvalue weighted by molar-refractivity contribution is 6.33. The van der Waals surface area contributed by atoms with E-state index in [-0.39, 0.29) is 0 Å². The van der Waals surface area contributed by atoms with E-state index in [1.165, 1.54) is 0 Å². The molecule has 4 nitrogen and oxygen atoms in total. The SMILES string of the molecule is Nc1ccc(-c2cnccc2Cl)cc1C(N)N. The summed E-state index contributed by atoms with van der Waals surface area (Å²) in [5, 5.41) is 0.626.